The van der Waals surface area contributed by atoms with Crippen LogP contribution in [0.5, 0.6) is 34.5 Å². The van der Waals surface area contributed by atoms with Gasteiger partial charge in [-0.05, 0) is 72.8 Å². The van der Waals surface area contributed by atoms with Gasteiger partial charge in [-0.3, -0.25) is 9.59 Å². The van der Waals surface area contributed by atoms with Crippen LogP contribution in [0.2, 0.25) is 0 Å². The largest absolute Gasteiger partial charge is 0.493 e. The number of anilines is 2. The van der Waals surface area contributed by atoms with Crippen LogP contribution in [0.15, 0.2) is 118 Å². The first-order valence-corrected chi connectivity index (χ1v) is 18.5. The van der Waals surface area contributed by atoms with Crippen LogP contribution < -0.4 is 38.6 Å². The van der Waals surface area contributed by atoms with Crippen molar-refractivity contribution in [3.63, 3.8) is 0 Å². The average molecular weight is 825 g/mol. The topological polar surface area (TPSA) is 183 Å². The summed E-state index contributed by atoms with van der Waals surface area (Å²) >= 11 is 0. The summed E-state index contributed by atoms with van der Waals surface area (Å²) in [5.41, 5.74) is 5.36. The molecule has 16 nitrogen and oxygen atoms in total. The number of nitrogens with one attached hydrogen (secondary N) is 1. The summed E-state index contributed by atoms with van der Waals surface area (Å²) in [6.45, 7) is 0. The molecule has 0 saturated heterocycles. The molecule has 61 heavy (non-hydrogen) atoms. The Labute approximate surface area is 349 Å². The summed E-state index contributed by atoms with van der Waals surface area (Å²) < 4.78 is 43.7. The molecule has 0 radical (unpaired) electrons. The van der Waals surface area contributed by atoms with Crippen molar-refractivity contribution in [1.29, 1.82) is 0 Å². The predicted molar refractivity (Wildman–Crippen MR) is 227 cm³/mol. The van der Waals surface area contributed by atoms with Gasteiger partial charge < -0.3 is 47.5 Å². The molecule has 310 valence electrons. The van der Waals surface area contributed by atoms with Gasteiger partial charge in [0.05, 0.1) is 65.2 Å². The Hall–Kier alpha value is -8.14. The van der Waals surface area contributed by atoms with Gasteiger partial charge in [-0.1, -0.05) is 24.3 Å². The molecule has 0 aliphatic heterocycles. The maximum absolute atomic E-state index is 13.3. The highest BCUT2D eigenvalue weighted by Gasteiger charge is 2.24. The van der Waals surface area contributed by atoms with Crippen LogP contribution in [0.25, 0.3) is 45.4 Å². The Balaban J connectivity index is 0.000000184. The molecule has 4 aromatic heterocycles. The van der Waals surface area contributed by atoms with Gasteiger partial charge in [-0.15, -0.1) is 0 Å². The monoisotopic (exact) mass is 824 g/mol. The summed E-state index contributed by atoms with van der Waals surface area (Å²) in [5, 5.41) is 2.90. The predicted octanol–water partition coefficient (Wildman–Crippen LogP) is 8.36. The van der Waals surface area contributed by atoms with E-state index in [2.05, 4.69) is 25.3 Å². The number of pyridine rings is 2. The number of methoxy groups -OCH3 is 6. The van der Waals surface area contributed by atoms with Gasteiger partial charge in [0.1, 0.15) is 0 Å². The first-order chi connectivity index (χ1) is 29.7. The molecular formula is C45H40N6O10. The third-order valence-electron chi connectivity index (χ3n) is 9.37. The van der Waals surface area contributed by atoms with E-state index < -0.39 is 0 Å². The van der Waals surface area contributed by atoms with E-state index in [4.69, 9.17) is 37.3 Å². The standard InChI is InChI=1S/C23H21N3O5.C22H19N3O5/c1-26(23(27)14-12-18(28-2)20(30-4)19(13-14)29-3)16-9-6-5-8-15(16)22-25-21-17(31-22)10-7-11-24-21;1-27-17-11-13(12-18(28-2)19(17)29-3)21(26)24-15-8-5-4-7-14(15)22-25-20-16(30-22)9-6-10-23-20/h5-13H,1-4H3;4-12H,1-3H3,(H,24,26). The van der Waals surface area contributed by atoms with Gasteiger partial charge in [0.2, 0.25) is 23.3 Å². The highest BCUT2D eigenvalue weighted by molar-refractivity contribution is 6.08. The zero-order valence-corrected chi connectivity index (χ0v) is 34.2. The van der Waals surface area contributed by atoms with E-state index in [1.54, 1.807) is 74.0 Å². The van der Waals surface area contributed by atoms with Gasteiger partial charge in [0.25, 0.3) is 11.8 Å². The Morgan fingerprint density at radius 3 is 1.51 bits per heavy atom. The first-order valence-electron chi connectivity index (χ1n) is 18.5. The molecule has 1 N–H and O–H groups in total. The third-order valence-corrected chi connectivity index (χ3v) is 9.37. The van der Waals surface area contributed by atoms with Crippen molar-refractivity contribution in [2.24, 2.45) is 0 Å². The zero-order chi connectivity index (χ0) is 43.0. The Morgan fingerprint density at radius 1 is 0.557 bits per heavy atom. The van der Waals surface area contributed by atoms with Gasteiger partial charge >= 0.3 is 0 Å². The number of ether oxygens (including phenoxy) is 6. The van der Waals surface area contributed by atoms with Crippen molar-refractivity contribution in [2.45, 2.75) is 0 Å². The zero-order valence-electron chi connectivity index (χ0n) is 34.2. The minimum absolute atomic E-state index is 0.263. The summed E-state index contributed by atoms with van der Waals surface area (Å²) in [7, 11) is 10.7. The van der Waals surface area contributed by atoms with Crippen LogP contribution in [0.4, 0.5) is 11.4 Å². The number of hydrogen-bond donors (Lipinski definition) is 1. The van der Waals surface area contributed by atoms with E-state index in [1.165, 1.54) is 47.6 Å². The number of carbonyl (C=O) groups is 2. The number of rotatable bonds is 12. The molecule has 0 aliphatic carbocycles. The minimum Gasteiger partial charge on any atom is -0.493 e. The van der Waals surface area contributed by atoms with Crippen molar-refractivity contribution < 1.29 is 46.8 Å². The highest BCUT2D eigenvalue weighted by Crippen LogP contribution is 2.41. The van der Waals surface area contributed by atoms with Crippen molar-refractivity contribution in [2.75, 3.05) is 59.9 Å². The first kappa shape index (κ1) is 41.0. The van der Waals surface area contributed by atoms with Crippen LogP contribution in [0, 0.1) is 0 Å². The molecule has 0 aliphatic rings. The molecule has 0 atom stereocenters. The number of para-hydroxylation sites is 2. The van der Waals surface area contributed by atoms with E-state index in [-0.39, 0.29) is 11.8 Å². The SMILES string of the molecule is COc1cc(C(=O)N(C)c2ccccc2-c2nc3ncccc3o2)cc(OC)c1OC.COc1cc(C(=O)Nc2ccccc2-c2nc3ncccc3o2)cc(OC)c1OC. The Kier molecular flexibility index (Phi) is 12.2. The Morgan fingerprint density at radius 2 is 1.02 bits per heavy atom. The van der Waals surface area contributed by atoms with Gasteiger partial charge in [0.15, 0.2) is 45.5 Å². The van der Waals surface area contributed by atoms with Gasteiger partial charge in [-0.25, -0.2) is 9.97 Å². The fourth-order valence-electron chi connectivity index (χ4n) is 6.41. The maximum atomic E-state index is 13.3. The quantitative estimate of drug-likeness (QED) is 0.124. The molecule has 8 rings (SSSR count). The molecule has 0 saturated carbocycles. The molecular weight excluding hydrogens is 785 g/mol. The second-order valence-electron chi connectivity index (χ2n) is 12.9. The van der Waals surface area contributed by atoms with Gasteiger partial charge in [0, 0.05) is 30.6 Å². The normalized spacial score (nSPS) is 10.7. The molecule has 0 fully saturated rings. The van der Waals surface area contributed by atoms with Gasteiger partial charge in [-0.2, -0.15) is 9.97 Å². The molecule has 8 aromatic rings. The molecule has 0 spiro atoms. The lowest BCUT2D eigenvalue weighted by Gasteiger charge is -2.21. The van der Waals surface area contributed by atoms with Crippen molar-refractivity contribution in [3.05, 3.63) is 121 Å². The van der Waals surface area contributed by atoms with Crippen LogP contribution in [-0.4, -0.2) is 81.5 Å². The molecule has 4 aromatic carbocycles. The molecule has 4 heterocycles. The minimum atomic E-state index is -0.351. The fourth-order valence-corrected chi connectivity index (χ4v) is 6.41. The smallest absolute Gasteiger partial charge is 0.258 e. The van der Waals surface area contributed by atoms with Crippen molar-refractivity contribution in [3.8, 4) is 57.4 Å². The summed E-state index contributed by atoms with van der Waals surface area (Å²) in [6, 6.07) is 28.2. The van der Waals surface area contributed by atoms with E-state index in [0.717, 1.165) is 0 Å². The molecule has 0 bridgehead atoms. The summed E-state index contributed by atoms with van der Waals surface area (Å²) in [5.74, 6) is 2.55. The van der Waals surface area contributed by atoms with E-state index in [9.17, 15) is 9.59 Å². The second kappa shape index (κ2) is 18.2. The summed E-state index contributed by atoms with van der Waals surface area (Å²) in [6.07, 6.45) is 3.30. The number of nitrogens with zero attached hydrogens (tertiary/aromatic N) is 5. The average Bonchev–Trinajstić information content (AvgIpc) is 3.95. The van der Waals surface area contributed by atoms with E-state index in [1.807, 2.05) is 42.5 Å². The number of hydrogen-bond acceptors (Lipinski definition) is 14. The van der Waals surface area contributed by atoms with Crippen molar-refractivity contribution in [1.82, 2.24) is 19.9 Å². The van der Waals surface area contributed by atoms with Crippen LogP contribution >= 0.6 is 0 Å². The number of aromatic nitrogens is 4. The number of oxazole rings is 2. The maximum Gasteiger partial charge on any atom is 0.258 e. The molecule has 16 heteroatoms. The third kappa shape index (κ3) is 8.40. The number of amides is 2. The fraction of sp³-hybridized carbons (Fsp3) is 0.156. The number of fused-ring (bicyclic) bond motifs is 2. The number of benzene rings is 4. The summed E-state index contributed by atoms with van der Waals surface area (Å²) in [4.78, 5) is 45.1. The number of carbonyl (C=O) groups excluding carboxylic acids is 2. The van der Waals surface area contributed by atoms with Crippen LogP contribution in [0.3, 0.4) is 0 Å². The molecule has 0 unspecified atom stereocenters. The Bertz CT molecular complexity index is 2740. The second-order valence-corrected chi connectivity index (χ2v) is 12.9. The molecule has 2 amide bonds. The lowest BCUT2D eigenvalue weighted by molar-refractivity contribution is 0.0990. The van der Waals surface area contributed by atoms with Crippen LogP contribution in [-0.2, 0) is 0 Å². The van der Waals surface area contributed by atoms with E-state index >= 15 is 0 Å². The van der Waals surface area contributed by atoms with Crippen molar-refractivity contribution >= 4 is 45.6 Å². The lowest BCUT2D eigenvalue weighted by atomic mass is 10.1. The highest BCUT2D eigenvalue weighted by atomic mass is 16.5. The van der Waals surface area contributed by atoms with Crippen LogP contribution in [0.1, 0.15) is 20.7 Å². The lowest BCUT2D eigenvalue weighted by Crippen LogP contribution is -2.26. The van der Waals surface area contributed by atoms with E-state index in [0.29, 0.717) is 102 Å².